The normalized spacial score (nSPS) is 16.7. The zero-order valence-electron chi connectivity index (χ0n) is 16.6. The van der Waals surface area contributed by atoms with Gasteiger partial charge in [0.2, 0.25) is 5.91 Å². The maximum Gasteiger partial charge on any atom is 0.332 e. The molecule has 0 spiro atoms. The SMILES string of the molecule is Cn1c(=O)c2c(ncn2CC(=O)N2CCC[C@H]2c2nc3ccccc3s2)n(C)c1=O. The summed E-state index contributed by atoms with van der Waals surface area (Å²) in [4.78, 5) is 48.7. The van der Waals surface area contributed by atoms with E-state index in [1.165, 1.54) is 22.5 Å². The van der Waals surface area contributed by atoms with Crippen molar-refractivity contribution in [2.75, 3.05) is 6.54 Å². The van der Waals surface area contributed by atoms with Crippen molar-refractivity contribution in [3.8, 4) is 0 Å². The fourth-order valence-electron chi connectivity index (χ4n) is 4.11. The minimum absolute atomic E-state index is 0.00859. The topological polar surface area (TPSA) is 95.0 Å². The van der Waals surface area contributed by atoms with Crippen molar-refractivity contribution in [3.63, 3.8) is 0 Å². The highest BCUT2D eigenvalue weighted by atomic mass is 32.1. The lowest BCUT2D eigenvalue weighted by Gasteiger charge is -2.23. The van der Waals surface area contributed by atoms with Gasteiger partial charge in [0.05, 0.1) is 22.6 Å². The average molecular weight is 424 g/mol. The van der Waals surface area contributed by atoms with E-state index >= 15 is 0 Å². The van der Waals surface area contributed by atoms with Gasteiger partial charge in [-0.15, -0.1) is 11.3 Å². The Labute approximate surface area is 174 Å². The van der Waals surface area contributed by atoms with Gasteiger partial charge in [0.1, 0.15) is 11.6 Å². The molecular weight excluding hydrogens is 404 g/mol. The standard InChI is InChI=1S/C20H20N6O3S/c1-23-17-16(19(28)24(2)20(23)29)25(11-21-17)10-15(27)26-9-5-7-13(26)18-22-12-6-3-4-8-14(12)30-18/h3-4,6,8,11,13H,5,7,9-10H2,1-2H3/t13-/m0/s1. The van der Waals surface area contributed by atoms with Crippen LogP contribution in [0.15, 0.2) is 40.2 Å². The second-order valence-electron chi connectivity index (χ2n) is 7.52. The summed E-state index contributed by atoms with van der Waals surface area (Å²) >= 11 is 1.62. The number of fused-ring (bicyclic) bond motifs is 2. The van der Waals surface area contributed by atoms with E-state index in [1.807, 2.05) is 29.2 Å². The molecule has 1 aliphatic heterocycles. The van der Waals surface area contributed by atoms with Crippen LogP contribution in [0.3, 0.4) is 0 Å². The predicted octanol–water partition coefficient (Wildman–Crippen LogP) is 1.41. The largest absolute Gasteiger partial charge is 0.332 e. The Kier molecular flexibility index (Phi) is 4.31. The fourth-order valence-corrected chi connectivity index (χ4v) is 5.22. The number of benzene rings is 1. The van der Waals surface area contributed by atoms with Gasteiger partial charge in [0.15, 0.2) is 11.2 Å². The Balaban J connectivity index is 1.48. The second kappa shape index (κ2) is 6.91. The molecule has 1 saturated heterocycles. The van der Waals surface area contributed by atoms with E-state index in [0.29, 0.717) is 6.54 Å². The number of para-hydroxylation sites is 1. The van der Waals surface area contributed by atoms with Crippen LogP contribution in [-0.4, -0.2) is 41.0 Å². The summed E-state index contributed by atoms with van der Waals surface area (Å²) in [6, 6.07) is 7.90. The van der Waals surface area contributed by atoms with Gasteiger partial charge < -0.3 is 9.47 Å². The summed E-state index contributed by atoms with van der Waals surface area (Å²) < 4.78 is 4.99. The minimum atomic E-state index is -0.456. The van der Waals surface area contributed by atoms with Crippen molar-refractivity contribution >= 4 is 38.6 Å². The number of imidazole rings is 1. The van der Waals surface area contributed by atoms with Gasteiger partial charge in [-0.25, -0.2) is 14.8 Å². The Morgan fingerprint density at radius 3 is 2.80 bits per heavy atom. The molecule has 4 aromatic rings. The third-order valence-electron chi connectivity index (χ3n) is 5.69. The van der Waals surface area contributed by atoms with Crippen LogP contribution < -0.4 is 11.2 Å². The average Bonchev–Trinajstić information content (AvgIpc) is 3.47. The highest BCUT2D eigenvalue weighted by molar-refractivity contribution is 7.18. The number of carbonyl (C=O) groups is 1. The van der Waals surface area contributed by atoms with Crippen LogP contribution in [0.5, 0.6) is 0 Å². The summed E-state index contributed by atoms with van der Waals surface area (Å²) in [5.74, 6) is -0.0908. The van der Waals surface area contributed by atoms with E-state index in [4.69, 9.17) is 4.98 Å². The van der Waals surface area contributed by atoms with Crippen molar-refractivity contribution in [1.82, 2.24) is 28.6 Å². The monoisotopic (exact) mass is 424 g/mol. The van der Waals surface area contributed by atoms with E-state index < -0.39 is 11.2 Å². The zero-order chi connectivity index (χ0) is 21.0. The predicted molar refractivity (Wildman–Crippen MR) is 114 cm³/mol. The van der Waals surface area contributed by atoms with Crippen molar-refractivity contribution in [2.24, 2.45) is 14.1 Å². The number of nitrogens with zero attached hydrogens (tertiary/aromatic N) is 6. The molecule has 9 nitrogen and oxygen atoms in total. The molecule has 1 fully saturated rings. The third kappa shape index (κ3) is 2.78. The summed E-state index contributed by atoms with van der Waals surface area (Å²) in [6.45, 7) is 0.647. The van der Waals surface area contributed by atoms with Crippen LogP contribution >= 0.6 is 11.3 Å². The van der Waals surface area contributed by atoms with Crippen molar-refractivity contribution in [3.05, 3.63) is 56.4 Å². The van der Waals surface area contributed by atoms with E-state index in [2.05, 4.69) is 4.98 Å². The maximum atomic E-state index is 13.2. The molecule has 1 aliphatic rings. The van der Waals surface area contributed by atoms with Gasteiger partial charge in [0.25, 0.3) is 5.56 Å². The van der Waals surface area contributed by atoms with Gasteiger partial charge in [-0.05, 0) is 25.0 Å². The zero-order valence-corrected chi connectivity index (χ0v) is 17.4. The van der Waals surface area contributed by atoms with E-state index in [1.54, 1.807) is 18.4 Å². The van der Waals surface area contributed by atoms with Crippen LogP contribution in [0.4, 0.5) is 0 Å². The number of aryl methyl sites for hydroxylation is 1. The first-order valence-electron chi connectivity index (χ1n) is 9.71. The number of likely N-dealkylation sites (tertiary alicyclic amines) is 1. The molecule has 0 N–H and O–H groups in total. The molecule has 10 heteroatoms. The Bertz CT molecular complexity index is 1380. The van der Waals surface area contributed by atoms with Gasteiger partial charge >= 0.3 is 5.69 Å². The Morgan fingerprint density at radius 2 is 2.00 bits per heavy atom. The number of rotatable bonds is 3. The molecule has 0 unspecified atom stereocenters. The maximum absolute atomic E-state index is 13.2. The van der Waals surface area contributed by atoms with Crippen molar-refractivity contribution < 1.29 is 4.79 Å². The molecule has 1 aromatic carbocycles. The molecule has 4 heterocycles. The van der Waals surface area contributed by atoms with E-state index in [9.17, 15) is 14.4 Å². The minimum Gasteiger partial charge on any atom is -0.332 e. The summed E-state index contributed by atoms with van der Waals surface area (Å²) in [5, 5.41) is 0.941. The molecule has 0 aliphatic carbocycles. The highest BCUT2D eigenvalue weighted by Gasteiger charge is 2.32. The van der Waals surface area contributed by atoms with Crippen LogP contribution in [0, 0.1) is 0 Å². The van der Waals surface area contributed by atoms with Crippen LogP contribution in [-0.2, 0) is 25.4 Å². The number of aromatic nitrogens is 5. The molecule has 0 saturated carbocycles. The Hall–Kier alpha value is -3.27. The molecule has 30 heavy (non-hydrogen) atoms. The number of thiazole rings is 1. The lowest BCUT2D eigenvalue weighted by molar-refractivity contribution is -0.132. The molecule has 154 valence electrons. The molecule has 0 radical (unpaired) electrons. The van der Waals surface area contributed by atoms with E-state index in [-0.39, 0.29) is 29.7 Å². The smallest absolute Gasteiger partial charge is 0.332 e. The molecule has 0 bridgehead atoms. The molecule has 1 atom stereocenters. The van der Waals surface area contributed by atoms with E-state index in [0.717, 1.165) is 32.6 Å². The van der Waals surface area contributed by atoms with Gasteiger partial charge in [-0.1, -0.05) is 12.1 Å². The Morgan fingerprint density at radius 1 is 1.20 bits per heavy atom. The van der Waals surface area contributed by atoms with Crippen LogP contribution in [0.25, 0.3) is 21.4 Å². The summed E-state index contributed by atoms with van der Waals surface area (Å²) in [6.07, 6.45) is 3.23. The van der Waals surface area contributed by atoms with Crippen molar-refractivity contribution in [1.29, 1.82) is 0 Å². The number of hydrogen-bond acceptors (Lipinski definition) is 6. The van der Waals surface area contributed by atoms with Crippen LogP contribution in [0.2, 0.25) is 0 Å². The van der Waals surface area contributed by atoms with Crippen molar-refractivity contribution in [2.45, 2.75) is 25.4 Å². The molecule has 5 rings (SSSR count). The lowest BCUT2D eigenvalue weighted by Crippen LogP contribution is -2.38. The first-order valence-corrected chi connectivity index (χ1v) is 10.5. The first-order chi connectivity index (χ1) is 14.5. The number of carbonyl (C=O) groups excluding carboxylic acids is 1. The highest BCUT2D eigenvalue weighted by Crippen LogP contribution is 2.36. The van der Waals surface area contributed by atoms with Gasteiger partial charge in [-0.2, -0.15) is 0 Å². The van der Waals surface area contributed by atoms with Gasteiger partial charge in [-0.3, -0.25) is 18.7 Å². The molecule has 3 aromatic heterocycles. The molecular formula is C20H20N6O3S. The number of amides is 1. The summed E-state index contributed by atoms with van der Waals surface area (Å²) in [5.41, 5.74) is 0.576. The van der Waals surface area contributed by atoms with Gasteiger partial charge in [0, 0.05) is 20.6 Å². The first kappa shape index (κ1) is 18.7. The quantitative estimate of drug-likeness (QED) is 0.496. The fraction of sp³-hybridized carbons (Fsp3) is 0.350. The summed E-state index contributed by atoms with van der Waals surface area (Å²) in [7, 11) is 2.99. The number of hydrogen-bond donors (Lipinski definition) is 0. The second-order valence-corrected chi connectivity index (χ2v) is 8.58. The third-order valence-corrected chi connectivity index (χ3v) is 6.83. The van der Waals surface area contributed by atoms with Crippen LogP contribution in [0.1, 0.15) is 23.9 Å². The lowest BCUT2D eigenvalue weighted by atomic mass is 10.2. The molecule has 1 amide bonds.